The summed E-state index contributed by atoms with van der Waals surface area (Å²) in [7, 11) is -6.71. The van der Waals surface area contributed by atoms with E-state index in [-0.39, 0.29) is 21.4 Å². The van der Waals surface area contributed by atoms with E-state index in [0.29, 0.717) is 46.1 Å². The Hall–Kier alpha value is -4.85. The van der Waals surface area contributed by atoms with Gasteiger partial charge in [-0.1, -0.05) is 29.8 Å². The van der Waals surface area contributed by atoms with Crippen molar-refractivity contribution in [2.75, 3.05) is 5.32 Å². The number of sulfone groups is 2. The number of nitrogens with one attached hydrogen (secondary N) is 1. The van der Waals surface area contributed by atoms with Crippen molar-refractivity contribution in [1.82, 2.24) is 9.78 Å². The number of nitrogens with two attached hydrogens (primary N) is 1. The Balaban J connectivity index is 0.000000328. The van der Waals surface area contributed by atoms with E-state index in [4.69, 9.17) is 17.3 Å². The number of nitrogens with zero attached hydrogens (tertiary/aromatic N) is 2. The highest BCUT2D eigenvalue weighted by Crippen LogP contribution is 2.38. The maximum Gasteiger partial charge on any atom is 0.269 e. The van der Waals surface area contributed by atoms with Crippen molar-refractivity contribution in [3.05, 3.63) is 124 Å². The van der Waals surface area contributed by atoms with Gasteiger partial charge in [-0.3, -0.25) is 9.59 Å². The Morgan fingerprint density at radius 3 is 1.94 bits per heavy atom. The molecular formula is C37H36ClFN4O6S2. The smallest absolute Gasteiger partial charge is 0.269 e. The number of hydrogen-bond acceptors (Lipinski definition) is 7. The van der Waals surface area contributed by atoms with E-state index in [1.165, 1.54) is 24.3 Å². The van der Waals surface area contributed by atoms with Crippen LogP contribution in [-0.4, -0.2) is 48.9 Å². The fraction of sp³-hybridized carbons (Fsp3) is 0.216. The van der Waals surface area contributed by atoms with Crippen LogP contribution < -0.4 is 11.1 Å². The van der Waals surface area contributed by atoms with Crippen LogP contribution in [0.2, 0.25) is 5.02 Å². The topological polar surface area (TPSA) is 158 Å². The van der Waals surface area contributed by atoms with Crippen molar-refractivity contribution in [3.8, 4) is 16.9 Å². The highest BCUT2D eigenvalue weighted by atomic mass is 35.5. The van der Waals surface area contributed by atoms with Gasteiger partial charge in [-0.2, -0.15) is 5.10 Å². The maximum absolute atomic E-state index is 12.9. The number of anilines is 1. The van der Waals surface area contributed by atoms with Crippen LogP contribution in [-0.2, 0) is 32.5 Å². The molecule has 0 aliphatic heterocycles. The third-order valence-corrected chi connectivity index (χ3v) is 13.1. The zero-order valence-electron chi connectivity index (χ0n) is 28.2. The predicted octanol–water partition coefficient (Wildman–Crippen LogP) is 6.83. The molecule has 0 atom stereocenters. The summed E-state index contributed by atoms with van der Waals surface area (Å²) in [4.78, 5) is 25.5. The number of aromatic nitrogens is 2. The molecule has 10 nitrogen and oxygen atoms in total. The van der Waals surface area contributed by atoms with Gasteiger partial charge >= 0.3 is 0 Å². The van der Waals surface area contributed by atoms with Gasteiger partial charge < -0.3 is 11.1 Å². The molecule has 3 N–H and O–H groups in total. The van der Waals surface area contributed by atoms with E-state index < -0.39 is 41.9 Å². The van der Waals surface area contributed by atoms with E-state index in [0.717, 1.165) is 23.3 Å². The Bertz CT molecular complexity index is 2340. The maximum atomic E-state index is 12.9. The van der Waals surface area contributed by atoms with Gasteiger partial charge in [0.1, 0.15) is 5.82 Å². The quantitative estimate of drug-likeness (QED) is 0.165. The molecule has 1 aromatic heterocycles. The van der Waals surface area contributed by atoms with Gasteiger partial charge in [0.05, 0.1) is 42.3 Å². The summed E-state index contributed by atoms with van der Waals surface area (Å²) in [5, 5.41) is 6.73. The number of fused-ring (bicyclic) bond motifs is 3. The summed E-state index contributed by atoms with van der Waals surface area (Å²) in [5.41, 5.74) is 10.5. The van der Waals surface area contributed by atoms with Crippen molar-refractivity contribution in [1.29, 1.82) is 0 Å². The first-order valence-electron chi connectivity index (χ1n) is 16.0. The van der Waals surface area contributed by atoms with Crippen molar-refractivity contribution < 1.29 is 30.8 Å². The van der Waals surface area contributed by atoms with E-state index >= 15 is 0 Å². The van der Waals surface area contributed by atoms with Gasteiger partial charge in [0, 0.05) is 16.8 Å². The van der Waals surface area contributed by atoms with Crippen molar-refractivity contribution >= 4 is 48.8 Å². The molecule has 4 aromatic carbocycles. The van der Waals surface area contributed by atoms with E-state index in [1.54, 1.807) is 68.8 Å². The van der Waals surface area contributed by atoms with Crippen LogP contribution in [0.1, 0.15) is 59.7 Å². The number of amides is 2. The minimum absolute atomic E-state index is 0.162. The zero-order chi connectivity index (χ0) is 37.2. The Labute approximate surface area is 301 Å². The average molecular weight is 751 g/mol. The predicted molar refractivity (Wildman–Crippen MR) is 195 cm³/mol. The zero-order valence-corrected chi connectivity index (χ0v) is 30.6. The van der Waals surface area contributed by atoms with Gasteiger partial charge in [-0.05, 0) is 119 Å². The number of rotatable bonds is 8. The molecule has 266 valence electrons. The summed E-state index contributed by atoms with van der Waals surface area (Å²) in [6, 6.07) is 23.6. The third kappa shape index (κ3) is 7.75. The number of hydrogen-bond donors (Lipinski definition) is 2. The molecule has 0 saturated carbocycles. The molecule has 5 aromatic rings. The molecule has 0 spiro atoms. The SMILES string of the molecule is CC(C)S(=O)(=O)c1ccc(-n2nc(C(N)=O)c3c2-c2cc(NC(=O)c4ccccc4Cl)ccc2CC3)cc1.CC(C)S(=O)(=O)c1ccc(F)cc1. The van der Waals surface area contributed by atoms with Crippen LogP contribution in [0, 0.1) is 5.82 Å². The summed E-state index contributed by atoms with van der Waals surface area (Å²) in [6.07, 6.45) is 1.23. The second-order valence-corrected chi connectivity index (χ2v) is 17.8. The Kier molecular flexibility index (Phi) is 10.8. The lowest BCUT2D eigenvalue weighted by atomic mass is 9.88. The molecule has 6 rings (SSSR count). The van der Waals surface area contributed by atoms with E-state index in [1.807, 2.05) is 18.2 Å². The van der Waals surface area contributed by atoms with Gasteiger partial charge in [0.25, 0.3) is 11.8 Å². The first-order valence-corrected chi connectivity index (χ1v) is 19.4. The van der Waals surface area contributed by atoms with E-state index in [2.05, 4.69) is 10.4 Å². The van der Waals surface area contributed by atoms with Crippen LogP contribution in [0.25, 0.3) is 16.9 Å². The molecule has 1 aliphatic carbocycles. The molecular weight excluding hydrogens is 715 g/mol. The molecule has 0 fully saturated rings. The lowest BCUT2D eigenvalue weighted by Crippen LogP contribution is -2.15. The number of halogens is 2. The standard InChI is InChI=1S/C28H25ClN4O4S.C9H11FO2S/c1-16(2)38(36,37)20-12-10-19(11-13-20)33-26-22(25(32-33)27(30)34)14-8-17-7-9-18(15-23(17)26)31-28(35)21-5-3-4-6-24(21)29;1-7(2)13(11,12)9-5-3-8(10)4-6-9/h3-7,9-13,15-16H,8,14H2,1-2H3,(H2,30,34)(H,31,35);3-7H,1-2H3. The van der Waals surface area contributed by atoms with Gasteiger partial charge in [0.2, 0.25) is 0 Å². The molecule has 0 saturated heterocycles. The lowest BCUT2D eigenvalue weighted by Gasteiger charge is -2.20. The first-order chi connectivity index (χ1) is 24.0. The third-order valence-electron chi connectivity index (χ3n) is 8.40. The second kappa shape index (κ2) is 14.8. The molecule has 14 heteroatoms. The monoisotopic (exact) mass is 750 g/mol. The molecule has 0 unspecified atom stereocenters. The van der Waals surface area contributed by atoms with Crippen molar-refractivity contribution in [3.63, 3.8) is 0 Å². The summed E-state index contributed by atoms with van der Waals surface area (Å²) in [6.45, 7) is 6.45. The van der Waals surface area contributed by atoms with Gasteiger partial charge in [-0.25, -0.2) is 25.9 Å². The number of benzene rings is 4. The lowest BCUT2D eigenvalue weighted by molar-refractivity contribution is 0.0992. The van der Waals surface area contributed by atoms with Crippen LogP contribution in [0.5, 0.6) is 0 Å². The van der Waals surface area contributed by atoms with Crippen molar-refractivity contribution in [2.45, 2.75) is 60.8 Å². The van der Waals surface area contributed by atoms with Crippen molar-refractivity contribution in [2.24, 2.45) is 5.73 Å². The van der Waals surface area contributed by atoms with Gasteiger partial charge in [0.15, 0.2) is 25.4 Å². The summed E-state index contributed by atoms with van der Waals surface area (Å²) < 4.78 is 62.3. The van der Waals surface area contributed by atoms with Crippen LogP contribution in [0.4, 0.5) is 10.1 Å². The largest absolute Gasteiger partial charge is 0.364 e. The fourth-order valence-corrected chi connectivity index (χ4v) is 7.83. The van der Waals surface area contributed by atoms with Gasteiger partial charge in [-0.15, -0.1) is 0 Å². The number of aryl methyl sites for hydroxylation is 1. The number of carbonyl (C=O) groups excluding carboxylic acids is 2. The molecule has 0 radical (unpaired) electrons. The molecule has 1 heterocycles. The average Bonchev–Trinajstić information content (AvgIpc) is 3.50. The normalized spacial score (nSPS) is 12.5. The fourth-order valence-electron chi connectivity index (χ4n) is 5.49. The summed E-state index contributed by atoms with van der Waals surface area (Å²) in [5.74, 6) is -1.42. The van der Waals surface area contributed by atoms with E-state index in [9.17, 15) is 30.8 Å². The molecule has 2 amide bonds. The Morgan fingerprint density at radius 1 is 0.824 bits per heavy atom. The minimum Gasteiger partial charge on any atom is -0.364 e. The van der Waals surface area contributed by atoms with Crippen LogP contribution >= 0.6 is 11.6 Å². The highest BCUT2D eigenvalue weighted by Gasteiger charge is 2.29. The van der Waals surface area contributed by atoms with Crippen LogP contribution in [0.3, 0.4) is 0 Å². The minimum atomic E-state index is -3.45. The molecule has 0 bridgehead atoms. The molecule has 1 aliphatic rings. The highest BCUT2D eigenvalue weighted by molar-refractivity contribution is 7.92. The second-order valence-electron chi connectivity index (χ2n) is 12.4. The summed E-state index contributed by atoms with van der Waals surface area (Å²) >= 11 is 6.19. The number of carbonyl (C=O) groups is 2. The first kappa shape index (κ1) is 37.4. The Morgan fingerprint density at radius 2 is 1.39 bits per heavy atom. The number of primary amides is 1. The molecule has 51 heavy (non-hydrogen) atoms. The van der Waals surface area contributed by atoms with Crippen LogP contribution in [0.15, 0.2) is 101 Å².